The average molecular weight is 411 g/mol. The second-order valence-corrected chi connectivity index (χ2v) is 8.63. The SMILES string of the molecule is CC(C(=O)NCCCS(=O)(=O)Cc1ccccc1)C(N)c1ccccc1.Cl. The van der Waals surface area contributed by atoms with Gasteiger partial charge in [-0.1, -0.05) is 67.6 Å². The van der Waals surface area contributed by atoms with E-state index in [1.54, 1.807) is 19.1 Å². The number of sulfone groups is 1. The van der Waals surface area contributed by atoms with Gasteiger partial charge in [-0.3, -0.25) is 4.79 Å². The maximum Gasteiger partial charge on any atom is 0.224 e. The van der Waals surface area contributed by atoms with Crippen molar-refractivity contribution in [1.82, 2.24) is 5.32 Å². The highest BCUT2D eigenvalue weighted by Crippen LogP contribution is 2.19. The van der Waals surface area contributed by atoms with E-state index in [1.807, 2.05) is 48.5 Å². The van der Waals surface area contributed by atoms with Crippen LogP contribution in [0.4, 0.5) is 0 Å². The standard InChI is InChI=1S/C20H26N2O3S.ClH/c1-16(19(21)18-11-6-3-7-12-18)20(23)22-13-8-14-26(24,25)15-17-9-4-2-5-10-17;/h2-7,9-12,16,19H,8,13-15,21H2,1H3,(H,22,23);1H. The minimum Gasteiger partial charge on any atom is -0.356 e. The van der Waals surface area contributed by atoms with Gasteiger partial charge in [0.25, 0.3) is 0 Å². The van der Waals surface area contributed by atoms with Crippen molar-refractivity contribution < 1.29 is 13.2 Å². The Balaban J connectivity index is 0.00000364. The summed E-state index contributed by atoms with van der Waals surface area (Å²) in [5.41, 5.74) is 7.82. The van der Waals surface area contributed by atoms with Crippen molar-refractivity contribution in [2.24, 2.45) is 11.7 Å². The van der Waals surface area contributed by atoms with Crippen LogP contribution in [0.3, 0.4) is 0 Å². The van der Waals surface area contributed by atoms with Crippen molar-refractivity contribution in [1.29, 1.82) is 0 Å². The first-order valence-electron chi connectivity index (χ1n) is 8.71. The van der Waals surface area contributed by atoms with E-state index in [0.29, 0.717) is 13.0 Å². The molecule has 2 aromatic rings. The molecule has 0 aliphatic carbocycles. The number of hydrogen-bond donors (Lipinski definition) is 2. The van der Waals surface area contributed by atoms with Crippen LogP contribution >= 0.6 is 12.4 Å². The predicted molar refractivity (Wildman–Crippen MR) is 111 cm³/mol. The molecule has 0 fully saturated rings. The van der Waals surface area contributed by atoms with Crippen LogP contribution in [0.5, 0.6) is 0 Å². The molecule has 0 heterocycles. The van der Waals surface area contributed by atoms with E-state index in [4.69, 9.17) is 5.73 Å². The lowest BCUT2D eigenvalue weighted by Gasteiger charge is -2.19. The summed E-state index contributed by atoms with van der Waals surface area (Å²) in [6.45, 7) is 2.10. The topological polar surface area (TPSA) is 89.3 Å². The molecule has 0 saturated heterocycles. The van der Waals surface area contributed by atoms with Gasteiger partial charge in [0.15, 0.2) is 9.84 Å². The molecular formula is C20H27ClN2O3S. The van der Waals surface area contributed by atoms with Gasteiger partial charge in [-0.25, -0.2) is 8.42 Å². The Hall–Kier alpha value is -1.89. The van der Waals surface area contributed by atoms with Gasteiger partial charge in [0.2, 0.25) is 5.91 Å². The highest BCUT2D eigenvalue weighted by Gasteiger charge is 2.21. The van der Waals surface area contributed by atoms with Crippen molar-refractivity contribution in [3.63, 3.8) is 0 Å². The molecule has 2 atom stereocenters. The van der Waals surface area contributed by atoms with Crippen LogP contribution < -0.4 is 11.1 Å². The monoisotopic (exact) mass is 410 g/mol. The average Bonchev–Trinajstić information content (AvgIpc) is 2.65. The summed E-state index contributed by atoms with van der Waals surface area (Å²) in [6, 6.07) is 18.2. The summed E-state index contributed by atoms with van der Waals surface area (Å²) in [4.78, 5) is 12.2. The Bertz CT molecular complexity index is 798. The molecular weight excluding hydrogens is 384 g/mol. The van der Waals surface area contributed by atoms with E-state index in [-0.39, 0.29) is 29.8 Å². The number of hydrogen-bond acceptors (Lipinski definition) is 4. The summed E-state index contributed by atoms with van der Waals surface area (Å²) < 4.78 is 24.3. The molecule has 1 amide bonds. The fourth-order valence-corrected chi connectivity index (χ4v) is 4.12. The molecule has 2 unspecified atom stereocenters. The Kier molecular flexibility index (Phi) is 9.49. The van der Waals surface area contributed by atoms with Crippen LogP contribution in [-0.2, 0) is 20.4 Å². The van der Waals surface area contributed by atoms with E-state index in [1.165, 1.54) is 0 Å². The summed E-state index contributed by atoms with van der Waals surface area (Å²) in [5, 5.41) is 2.79. The Morgan fingerprint density at radius 3 is 2.19 bits per heavy atom. The van der Waals surface area contributed by atoms with E-state index >= 15 is 0 Å². The van der Waals surface area contributed by atoms with Crippen molar-refractivity contribution in [2.45, 2.75) is 25.1 Å². The highest BCUT2D eigenvalue weighted by molar-refractivity contribution is 7.90. The molecule has 0 spiro atoms. The third-order valence-electron chi connectivity index (χ3n) is 4.30. The van der Waals surface area contributed by atoms with Crippen molar-refractivity contribution in [2.75, 3.05) is 12.3 Å². The van der Waals surface area contributed by atoms with Crippen LogP contribution in [0.2, 0.25) is 0 Å². The van der Waals surface area contributed by atoms with Crippen LogP contribution in [0.25, 0.3) is 0 Å². The molecule has 0 aliphatic heterocycles. The Labute approximate surface area is 167 Å². The Morgan fingerprint density at radius 2 is 1.59 bits per heavy atom. The van der Waals surface area contributed by atoms with Crippen LogP contribution in [0.15, 0.2) is 60.7 Å². The van der Waals surface area contributed by atoms with E-state index < -0.39 is 21.8 Å². The van der Waals surface area contributed by atoms with Crippen molar-refractivity contribution in [3.05, 3.63) is 71.8 Å². The summed E-state index contributed by atoms with van der Waals surface area (Å²) >= 11 is 0. The third-order valence-corrected chi connectivity index (χ3v) is 5.98. The van der Waals surface area contributed by atoms with Gasteiger partial charge < -0.3 is 11.1 Å². The molecule has 0 saturated carbocycles. The number of nitrogens with one attached hydrogen (secondary N) is 1. The van der Waals surface area contributed by atoms with E-state index in [9.17, 15) is 13.2 Å². The molecule has 0 radical (unpaired) electrons. The normalized spacial score (nSPS) is 13.3. The molecule has 2 aromatic carbocycles. The summed E-state index contributed by atoms with van der Waals surface area (Å²) in [6.07, 6.45) is 0.383. The zero-order valence-electron chi connectivity index (χ0n) is 15.4. The second-order valence-electron chi connectivity index (χ2n) is 6.45. The van der Waals surface area contributed by atoms with Gasteiger partial charge in [0.05, 0.1) is 17.4 Å². The quantitative estimate of drug-likeness (QED) is 0.622. The first kappa shape index (κ1) is 23.1. The molecule has 2 rings (SSSR count). The number of carbonyl (C=O) groups excluding carboxylic acids is 1. The lowest BCUT2D eigenvalue weighted by Crippen LogP contribution is -2.36. The zero-order valence-corrected chi connectivity index (χ0v) is 17.0. The maximum absolute atomic E-state index is 12.2. The van der Waals surface area contributed by atoms with Gasteiger partial charge >= 0.3 is 0 Å². The van der Waals surface area contributed by atoms with Crippen LogP contribution in [0, 0.1) is 5.92 Å². The molecule has 5 nitrogen and oxygen atoms in total. The van der Waals surface area contributed by atoms with Crippen molar-refractivity contribution in [3.8, 4) is 0 Å². The minimum atomic E-state index is -3.19. The summed E-state index contributed by atoms with van der Waals surface area (Å²) in [5.74, 6) is -0.488. The number of carbonyl (C=O) groups is 1. The minimum absolute atomic E-state index is 0. The number of nitrogens with two attached hydrogens (primary N) is 1. The largest absolute Gasteiger partial charge is 0.356 e. The van der Waals surface area contributed by atoms with Gasteiger partial charge in [0, 0.05) is 12.6 Å². The number of rotatable bonds is 9. The first-order chi connectivity index (χ1) is 12.4. The molecule has 27 heavy (non-hydrogen) atoms. The van der Waals surface area contributed by atoms with Crippen molar-refractivity contribution >= 4 is 28.2 Å². The molecule has 148 valence electrons. The zero-order chi connectivity index (χ0) is 19.0. The van der Waals surface area contributed by atoms with Crippen LogP contribution in [-0.4, -0.2) is 26.6 Å². The number of amides is 1. The number of halogens is 1. The Morgan fingerprint density at radius 1 is 1.04 bits per heavy atom. The lowest BCUT2D eigenvalue weighted by molar-refractivity contribution is -0.125. The predicted octanol–water partition coefficient (Wildman–Crippen LogP) is 2.87. The molecule has 7 heteroatoms. The fourth-order valence-electron chi connectivity index (χ4n) is 2.69. The van der Waals surface area contributed by atoms with Gasteiger partial charge in [-0.2, -0.15) is 0 Å². The number of benzene rings is 2. The molecule has 0 aromatic heterocycles. The van der Waals surface area contributed by atoms with E-state index in [0.717, 1.165) is 11.1 Å². The lowest BCUT2D eigenvalue weighted by atomic mass is 9.95. The molecule has 0 bridgehead atoms. The first-order valence-corrected chi connectivity index (χ1v) is 10.5. The third kappa shape index (κ3) is 7.71. The summed E-state index contributed by atoms with van der Waals surface area (Å²) in [7, 11) is -3.19. The van der Waals surface area contributed by atoms with E-state index in [2.05, 4.69) is 5.32 Å². The smallest absolute Gasteiger partial charge is 0.224 e. The van der Waals surface area contributed by atoms with Gasteiger partial charge in [-0.05, 0) is 17.5 Å². The second kappa shape index (κ2) is 11.1. The molecule has 3 N–H and O–H groups in total. The highest BCUT2D eigenvalue weighted by atomic mass is 35.5. The van der Waals surface area contributed by atoms with Crippen LogP contribution in [0.1, 0.15) is 30.5 Å². The fraction of sp³-hybridized carbons (Fsp3) is 0.350. The molecule has 0 aliphatic rings. The van der Waals surface area contributed by atoms with Gasteiger partial charge in [0.1, 0.15) is 0 Å². The van der Waals surface area contributed by atoms with Gasteiger partial charge in [-0.15, -0.1) is 12.4 Å². The maximum atomic E-state index is 12.2.